The second-order valence-corrected chi connectivity index (χ2v) is 5.65. The van der Waals surface area contributed by atoms with Gasteiger partial charge in [0, 0.05) is 10.6 Å². The van der Waals surface area contributed by atoms with Crippen LogP contribution in [-0.2, 0) is 6.42 Å². The standard InChI is InChI=1S/C15H25NS/c1-3-5-6-7-8-11-17-14-9-10-15(16)13(4-2)12-14/h9-10,12H,3-8,11,16H2,1-2H3. The zero-order chi connectivity index (χ0) is 12.5. The van der Waals surface area contributed by atoms with E-state index < -0.39 is 0 Å². The van der Waals surface area contributed by atoms with Gasteiger partial charge in [-0.05, 0) is 42.4 Å². The van der Waals surface area contributed by atoms with Crippen molar-refractivity contribution in [1.82, 2.24) is 0 Å². The maximum Gasteiger partial charge on any atom is 0.0347 e. The molecule has 0 aliphatic heterocycles. The molecule has 0 radical (unpaired) electrons. The van der Waals surface area contributed by atoms with E-state index in [0.717, 1.165) is 12.1 Å². The summed E-state index contributed by atoms with van der Waals surface area (Å²) < 4.78 is 0. The van der Waals surface area contributed by atoms with Crippen molar-refractivity contribution in [3.8, 4) is 0 Å². The van der Waals surface area contributed by atoms with Crippen LogP contribution in [0.25, 0.3) is 0 Å². The summed E-state index contributed by atoms with van der Waals surface area (Å²) in [5, 5.41) is 0. The Hall–Kier alpha value is -0.630. The Morgan fingerprint density at radius 2 is 1.82 bits per heavy atom. The van der Waals surface area contributed by atoms with Crippen molar-refractivity contribution in [2.24, 2.45) is 0 Å². The van der Waals surface area contributed by atoms with E-state index in [1.54, 1.807) is 0 Å². The molecule has 0 heterocycles. The number of aryl methyl sites for hydroxylation is 1. The third-order valence-corrected chi connectivity index (χ3v) is 4.09. The number of benzene rings is 1. The van der Waals surface area contributed by atoms with E-state index in [-0.39, 0.29) is 0 Å². The van der Waals surface area contributed by atoms with Crippen molar-refractivity contribution in [3.05, 3.63) is 23.8 Å². The molecule has 0 atom stereocenters. The molecule has 1 aromatic rings. The van der Waals surface area contributed by atoms with Gasteiger partial charge in [-0.2, -0.15) is 0 Å². The van der Waals surface area contributed by atoms with Gasteiger partial charge in [0.05, 0.1) is 0 Å². The Bertz CT molecular complexity index is 323. The monoisotopic (exact) mass is 251 g/mol. The zero-order valence-electron chi connectivity index (χ0n) is 11.2. The van der Waals surface area contributed by atoms with Gasteiger partial charge in [0.25, 0.3) is 0 Å². The van der Waals surface area contributed by atoms with Crippen LogP contribution in [0.3, 0.4) is 0 Å². The molecule has 1 nitrogen and oxygen atoms in total. The van der Waals surface area contributed by atoms with Gasteiger partial charge < -0.3 is 5.73 Å². The lowest BCUT2D eigenvalue weighted by molar-refractivity contribution is 0.659. The second-order valence-electron chi connectivity index (χ2n) is 4.48. The number of rotatable bonds is 8. The topological polar surface area (TPSA) is 26.0 Å². The first-order valence-electron chi connectivity index (χ1n) is 6.79. The summed E-state index contributed by atoms with van der Waals surface area (Å²) in [6.07, 6.45) is 7.82. The van der Waals surface area contributed by atoms with Crippen LogP contribution >= 0.6 is 11.8 Å². The van der Waals surface area contributed by atoms with Crippen molar-refractivity contribution >= 4 is 17.4 Å². The molecule has 0 saturated carbocycles. The van der Waals surface area contributed by atoms with E-state index in [1.165, 1.54) is 48.3 Å². The summed E-state index contributed by atoms with van der Waals surface area (Å²) in [5.41, 5.74) is 8.11. The third kappa shape index (κ3) is 5.49. The fraction of sp³-hybridized carbons (Fsp3) is 0.600. The summed E-state index contributed by atoms with van der Waals surface area (Å²) >= 11 is 1.96. The predicted octanol–water partition coefficient (Wildman–Crippen LogP) is 4.89. The van der Waals surface area contributed by atoms with Gasteiger partial charge in [-0.3, -0.25) is 0 Å². The minimum Gasteiger partial charge on any atom is -0.399 e. The SMILES string of the molecule is CCCCCCCSc1ccc(N)c(CC)c1. The van der Waals surface area contributed by atoms with E-state index in [4.69, 9.17) is 5.73 Å². The van der Waals surface area contributed by atoms with Crippen LogP contribution in [0, 0.1) is 0 Å². The number of nitrogen functional groups attached to an aromatic ring is 1. The van der Waals surface area contributed by atoms with Crippen LogP contribution in [0.2, 0.25) is 0 Å². The van der Waals surface area contributed by atoms with Gasteiger partial charge in [0.2, 0.25) is 0 Å². The fourth-order valence-corrected chi connectivity index (χ4v) is 2.85. The minimum absolute atomic E-state index is 0.930. The molecule has 17 heavy (non-hydrogen) atoms. The Morgan fingerprint density at radius 1 is 1.06 bits per heavy atom. The zero-order valence-corrected chi connectivity index (χ0v) is 12.0. The highest BCUT2D eigenvalue weighted by Crippen LogP contribution is 2.24. The van der Waals surface area contributed by atoms with E-state index in [0.29, 0.717) is 0 Å². The van der Waals surface area contributed by atoms with Crippen LogP contribution in [0.15, 0.2) is 23.1 Å². The van der Waals surface area contributed by atoms with Crippen LogP contribution in [0.1, 0.15) is 51.5 Å². The van der Waals surface area contributed by atoms with Crippen molar-refractivity contribution in [2.75, 3.05) is 11.5 Å². The first-order valence-corrected chi connectivity index (χ1v) is 7.77. The number of hydrogen-bond donors (Lipinski definition) is 1. The maximum absolute atomic E-state index is 5.90. The molecule has 0 aliphatic rings. The fourth-order valence-electron chi connectivity index (χ4n) is 1.87. The second kappa shape index (κ2) is 8.46. The molecule has 0 saturated heterocycles. The molecule has 0 unspecified atom stereocenters. The smallest absolute Gasteiger partial charge is 0.0347 e. The van der Waals surface area contributed by atoms with Gasteiger partial charge in [0.1, 0.15) is 0 Å². The summed E-state index contributed by atoms with van der Waals surface area (Å²) in [4.78, 5) is 1.37. The highest BCUT2D eigenvalue weighted by molar-refractivity contribution is 7.99. The van der Waals surface area contributed by atoms with E-state index in [9.17, 15) is 0 Å². The normalized spacial score (nSPS) is 10.7. The summed E-state index contributed by atoms with van der Waals surface area (Å²) in [6, 6.07) is 6.43. The third-order valence-electron chi connectivity index (χ3n) is 3.01. The first-order chi connectivity index (χ1) is 8.27. The number of unbranched alkanes of at least 4 members (excludes halogenated alkanes) is 4. The predicted molar refractivity (Wildman–Crippen MR) is 79.7 cm³/mol. The molecule has 0 amide bonds. The van der Waals surface area contributed by atoms with Crippen LogP contribution < -0.4 is 5.73 Å². The Balaban J connectivity index is 2.27. The van der Waals surface area contributed by atoms with Gasteiger partial charge in [0.15, 0.2) is 0 Å². The maximum atomic E-state index is 5.90. The quantitative estimate of drug-likeness (QED) is 0.404. The van der Waals surface area contributed by atoms with Crippen LogP contribution in [0.4, 0.5) is 5.69 Å². The summed E-state index contributed by atoms with van der Waals surface area (Å²) in [5.74, 6) is 1.23. The number of nitrogens with two attached hydrogens (primary N) is 1. The van der Waals surface area contributed by atoms with E-state index >= 15 is 0 Å². The molecule has 0 aromatic heterocycles. The molecule has 2 N–H and O–H groups in total. The number of thioether (sulfide) groups is 1. The van der Waals surface area contributed by atoms with Crippen LogP contribution in [-0.4, -0.2) is 5.75 Å². The molecule has 1 rings (SSSR count). The van der Waals surface area contributed by atoms with Gasteiger partial charge in [-0.15, -0.1) is 11.8 Å². The lowest BCUT2D eigenvalue weighted by atomic mass is 10.1. The minimum atomic E-state index is 0.930. The van der Waals surface area contributed by atoms with E-state index in [1.807, 2.05) is 17.8 Å². The molecule has 0 fully saturated rings. The average Bonchev–Trinajstić information content (AvgIpc) is 2.35. The molecular weight excluding hydrogens is 226 g/mol. The number of anilines is 1. The van der Waals surface area contributed by atoms with Gasteiger partial charge in [-0.25, -0.2) is 0 Å². The van der Waals surface area contributed by atoms with Crippen molar-refractivity contribution in [3.63, 3.8) is 0 Å². The highest BCUT2D eigenvalue weighted by atomic mass is 32.2. The molecule has 0 bridgehead atoms. The molecule has 96 valence electrons. The van der Waals surface area contributed by atoms with Gasteiger partial charge >= 0.3 is 0 Å². The number of hydrogen-bond acceptors (Lipinski definition) is 2. The molecule has 0 spiro atoms. The molecule has 1 aromatic carbocycles. The van der Waals surface area contributed by atoms with Gasteiger partial charge in [-0.1, -0.05) is 39.5 Å². The Kier molecular flexibility index (Phi) is 7.18. The molecule has 0 aliphatic carbocycles. The van der Waals surface area contributed by atoms with Crippen molar-refractivity contribution in [1.29, 1.82) is 0 Å². The van der Waals surface area contributed by atoms with Crippen molar-refractivity contribution < 1.29 is 0 Å². The average molecular weight is 251 g/mol. The summed E-state index contributed by atoms with van der Waals surface area (Å²) in [7, 11) is 0. The van der Waals surface area contributed by atoms with Crippen molar-refractivity contribution in [2.45, 2.75) is 57.3 Å². The Morgan fingerprint density at radius 3 is 2.53 bits per heavy atom. The lowest BCUT2D eigenvalue weighted by Crippen LogP contribution is -1.92. The lowest BCUT2D eigenvalue weighted by Gasteiger charge is -2.06. The largest absolute Gasteiger partial charge is 0.399 e. The molecule has 2 heteroatoms. The summed E-state index contributed by atoms with van der Waals surface area (Å²) in [6.45, 7) is 4.42. The highest BCUT2D eigenvalue weighted by Gasteiger charge is 2.00. The first kappa shape index (κ1) is 14.4. The molecular formula is C15H25NS. The Labute approximate surface area is 110 Å². The van der Waals surface area contributed by atoms with Crippen LogP contribution in [0.5, 0.6) is 0 Å². The van der Waals surface area contributed by atoms with E-state index in [2.05, 4.69) is 26.0 Å².